The van der Waals surface area contributed by atoms with Gasteiger partial charge < -0.3 is 15.0 Å². The lowest BCUT2D eigenvalue weighted by Crippen LogP contribution is -2.46. The quantitative estimate of drug-likeness (QED) is 0.912. The molecule has 1 aliphatic heterocycles. The van der Waals surface area contributed by atoms with Gasteiger partial charge in [-0.15, -0.1) is 11.3 Å². The second-order valence-corrected chi connectivity index (χ2v) is 5.10. The molecule has 1 unspecified atom stereocenters. The highest BCUT2D eigenvalue weighted by Crippen LogP contribution is 2.24. The first-order valence-corrected chi connectivity index (χ1v) is 6.59. The highest BCUT2D eigenvalue weighted by molar-refractivity contribution is 9.10. The molecule has 1 N–H and O–H groups in total. The molecule has 2 heterocycles. The van der Waals surface area contributed by atoms with Crippen molar-refractivity contribution in [2.75, 3.05) is 38.2 Å². The van der Waals surface area contributed by atoms with Crippen molar-refractivity contribution in [2.24, 2.45) is 0 Å². The van der Waals surface area contributed by atoms with Crippen LogP contribution < -0.4 is 10.2 Å². The van der Waals surface area contributed by atoms with Gasteiger partial charge in [0.15, 0.2) is 5.13 Å². The molecule has 6 heteroatoms. The monoisotopic (exact) mass is 291 g/mol. The second kappa shape index (κ2) is 5.25. The molecule has 1 saturated heterocycles. The Labute approximate surface area is 102 Å². The SMILES string of the molecule is CNCC1CN(c2nc(Br)cs2)CCO1. The van der Waals surface area contributed by atoms with Gasteiger partial charge in [0.1, 0.15) is 4.60 Å². The van der Waals surface area contributed by atoms with Crippen LogP contribution in [0.15, 0.2) is 9.98 Å². The minimum atomic E-state index is 0.270. The summed E-state index contributed by atoms with van der Waals surface area (Å²) in [7, 11) is 1.95. The summed E-state index contributed by atoms with van der Waals surface area (Å²) in [5, 5.41) is 6.22. The van der Waals surface area contributed by atoms with Crippen molar-refractivity contribution in [1.29, 1.82) is 0 Å². The molecule has 0 saturated carbocycles. The van der Waals surface area contributed by atoms with E-state index in [9.17, 15) is 0 Å². The molecule has 0 amide bonds. The normalized spacial score (nSPS) is 22.0. The van der Waals surface area contributed by atoms with Gasteiger partial charge in [-0.2, -0.15) is 0 Å². The molecule has 0 aromatic carbocycles. The van der Waals surface area contributed by atoms with Gasteiger partial charge >= 0.3 is 0 Å². The van der Waals surface area contributed by atoms with Crippen molar-refractivity contribution in [3.63, 3.8) is 0 Å². The van der Waals surface area contributed by atoms with E-state index in [4.69, 9.17) is 4.74 Å². The summed E-state index contributed by atoms with van der Waals surface area (Å²) in [6.07, 6.45) is 0.270. The minimum absolute atomic E-state index is 0.270. The van der Waals surface area contributed by atoms with Crippen molar-refractivity contribution < 1.29 is 4.74 Å². The van der Waals surface area contributed by atoms with Gasteiger partial charge in [0.05, 0.1) is 12.7 Å². The molecule has 0 spiro atoms. The van der Waals surface area contributed by atoms with E-state index in [0.717, 1.165) is 36.0 Å². The number of aromatic nitrogens is 1. The van der Waals surface area contributed by atoms with E-state index in [1.807, 2.05) is 12.4 Å². The number of hydrogen-bond donors (Lipinski definition) is 1. The smallest absolute Gasteiger partial charge is 0.186 e. The number of anilines is 1. The van der Waals surface area contributed by atoms with E-state index in [0.29, 0.717) is 0 Å². The largest absolute Gasteiger partial charge is 0.373 e. The summed E-state index contributed by atoms with van der Waals surface area (Å²) >= 11 is 5.04. The van der Waals surface area contributed by atoms with E-state index in [1.54, 1.807) is 11.3 Å². The molecule has 0 radical (unpaired) electrons. The Morgan fingerprint density at radius 2 is 2.67 bits per heavy atom. The van der Waals surface area contributed by atoms with Crippen LogP contribution in [0.2, 0.25) is 0 Å². The van der Waals surface area contributed by atoms with Crippen LogP contribution >= 0.6 is 27.3 Å². The number of rotatable bonds is 3. The number of halogens is 1. The molecule has 1 atom stereocenters. The second-order valence-electron chi connectivity index (χ2n) is 3.45. The van der Waals surface area contributed by atoms with Crippen molar-refractivity contribution in [1.82, 2.24) is 10.3 Å². The third-order valence-electron chi connectivity index (χ3n) is 2.31. The zero-order chi connectivity index (χ0) is 10.7. The molecule has 1 aromatic rings. The number of ether oxygens (including phenoxy) is 1. The first-order chi connectivity index (χ1) is 7.29. The molecule has 1 aromatic heterocycles. The van der Waals surface area contributed by atoms with Gasteiger partial charge in [-0.05, 0) is 23.0 Å². The molecule has 2 rings (SSSR count). The Kier molecular flexibility index (Phi) is 3.96. The highest BCUT2D eigenvalue weighted by atomic mass is 79.9. The first kappa shape index (κ1) is 11.3. The van der Waals surface area contributed by atoms with Gasteiger partial charge in [-0.3, -0.25) is 0 Å². The molecular formula is C9H14BrN3OS. The van der Waals surface area contributed by atoms with Crippen LogP contribution in [0, 0.1) is 0 Å². The third-order valence-corrected chi connectivity index (χ3v) is 3.92. The summed E-state index contributed by atoms with van der Waals surface area (Å²) in [5.74, 6) is 0. The minimum Gasteiger partial charge on any atom is -0.373 e. The van der Waals surface area contributed by atoms with E-state index >= 15 is 0 Å². The third kappa shape index (κ3) is 2.90. The lowest BCUT2D eigenvalue weighted by atomic mass is 10.3. The van der Waals surface area contributed by atoms with Gasteiger partial charge in [0.2, 0.25) is 0 Å². The van der Waals surface area contributed by atoms with Crippen LogP contribution in [-0.4, -0.2) is 44.4 Å². The fourth-order valence-electron chi connectivity index (χ4n) is 1.63. The Balaban J connectivity index is 1.98. The van der Waals surface area contributed by atoms with E-state index in [2.05, 4.69) is 31.1 Å². The van der Waals surface area contributed by atoms with Gasteiger partial charge in [0.25, 0.3) is 0 Å². The van der Waals surface area contributed by atoms with Crippen molar-refractivity contribution >= 4 is 32.4 Å². The van der Waals surface area contributed by atoms with E-state index in [-0.39, 0.29) is 6.10 Å². The summed E-state index contributed by atoms with van der Waals surface area (Å²) in [5.41, 5.74) is 0. The molecule has 0 aliphatic carbocycles. The summed E-state index contributed by atoms with van der Waals surface area (Å²) in [6, 6.07) is 0. The molecule has 15 heavy (non-hydrogen) atoms. The first-order valence-electron chi connectivity index (χ1n) is 4.92. The predicted molar refractivity (Wildman–Crippen MR) is 65.7 cm³/mol. The van der Waals surface area contributed by atoms with Crippen LogP contribution in [0.25, 0.3) is 0 Å². The summed E-state index contributed by atoms with van der Waals surface area (Å²) < 4.78 is 6.55. The molecule has 4 nitrogen and oxygen atoms in total. The average Bonchev–Trinajstić information content (AvgIpc) is 2.66. The maximum absolute atomic E-state index is 5.64. The molecule has 0 bridgehead atoms. The zero-order valence-electron chi connectivity index (χ0n) is 8.57. The average molecular weight is 292 g/mol. The molecular weight excluding hydrogens is 278 g/mol. The number of morpholine rings is 1. The lowest BCUT2D eigenvalue weighted by Gasteiger charge is -2.32. The molecule has 1 fully saturated rings. The molecule has 84 valence electrons. The van der Waals surface area contributed by atoms with Crippen molar-refractivity contribution in [2.45, 2.75) is 6.10 Å². The van der Waals surface area contributed by atoms with Gasteiger partial charge in [0, 0.05) is 25.0 Å². The van der Waals surface area contributed by atoms with E-state index < -0.39 is 0 Å². The fraction of sp³-hybridized carbons (Fsp3) is 0.667. The predicted octanol–water partition coefficient (Wildman–Crippen LogP) is 1.33. The van der Waals surface area contributed by atoms with Crippen LogP contribution in [0.5, 0.6) is 0 Å². The Morgan fingerprint density at radius 3 is 3.33 bits per heavy atom. The number of nitrogens with one attached hydrogen (secondary N) is 1. The standard InChI is InChI=1S/C9H14BrN3OS/c1-11-4-7-5-13(2-3-14-7)9-12-8(10)6-15-9/h6-7,11H,2-5H2,1H3. The van der Waals surface area contributed by atoms with Crippen LogP contribution in [0.4, 0.5) is 5.13 Å². The number of hydrogen-bond acceptors (Lipinski definition) is 5. The van der Waals surface area contributed by atoms with Crippen LogP contribution in [-0.2, 0) is 4.74 Å². The lowest BCUT2D eigenvalue weighted by molar-refractivity contribution is 0.0421. The van der Waals surface area contributed by atoms with Crippen molar-refractivity contribution in [3.8, 4) is 0 Å². The summed E-state index contributed by atoms with van der Waals surface area (Å²) in [6.45, 7) is 3.52. The summed E-state index contributed by atoms with van der Waals surface area (Å²) in [4.78, 5) is 6.69. The topological polar surface area (TPSA) is 37.4 Å². The fourth-order valence-corrected chi connectivity index (χ4v) is 2.92. The zero-order valence-corrected chi connectivity index (χ0v) is 11.0. The number of likely N-dealkylation sites (N-methyl/N-ethyl adjacent to an activating group) is 1. The number of nitrogens with zero attached hydrogens (tertiary/aromatic N) is 2. The Morgan fingerprint density at radius 1 is 1.80 bits per heavy atom. The maximum atomic E-state index is 5.64. The maximum Gasteiger partial charge on any atom is 0.186 e. The van der Waals surface area contributed by atoms with E-state index in [1.165, 1.54) is 0 Å². The van der Waals surface area contributed by atoms with Gasteiger partial charge in [-0.25, -0.2) is 4.98 Å². The van der Waals surface area contributed by atoms with Gasteiger partial charge in [-0.1, -0.05) is 0 Å². The van der Waals surface area contributed by atoms with Crippen LogP contribution in [0.1, 0.15) is 0 Å². The Hall–Kier alpha value is -0.170. The highest BCUT2D eigenvalue weighted by Gasteiger charge is 2.21. The number of thiazole rings is 1. The Bertz CT molecular complexity index is 318. The van der Waals surface area contributed by atoms with Crippen LogP contribution in [0.3, 0.4) is 0 Å². The molecule has 1 aliphatic rings. The van der Waals surface area contributed by atoms with Crippen molar-refractivity contribution in [3.05, 3.63) is 9.98 Å².